The minimum absolute atomic E-state index is 0.291. The van der Waals surface area contributed by atoms with Gasteiger partial charge in [0, 0.05) is 29.2 Å². The Balaban J connectivity index is 1.99. The number of hydrogen-bond acceptors (Lipinski definition) is 4. The summed E-state index contributed by atoms with van der Waals surface area (Å²) < 4.78 is 0. The van der Waals surface area contributed by atoms with Crippen molar-refractivity contribution in [3.8, 4) is 5.75 Å². The molecule has 0 saturated heterocycles. The zero-order valence-corrected chi connectivity index (χ0v) is 8.81. The first-order valence-electron chi connectivity index (χ1n) is 4.51. The van der Waals surface area contributed by atoms with E-state index in [9.17, 15) is 5.11 Å². The molecule has 4 heteroatoms. The van der Waals surface area contributed by atoms with Crippen molar-refractivity contribution in [1.29, 1.82) is 0 Å². The molecule has 0 saturated carbocycles. The lowest BCUT2D eigenvalue weighted by atomic mass is 10.3. The molecule has 1 heterocycles. The number of hydrogen-bond donors (Lipinski definition) is 1. The lowest BCUT2D eigenvalue weighted by molar-refractivity contribution is 0.474. The highest BCUT2D eigenvalue weighted by Gasteiger charge is 1.97. The van der Waals surface area contributed by atoms with E-state index in [1.54, 1.807) is 42.5 Å². The molecule has 0 aliphatic rings. The summed E-state index contributed by atoms with van der Waals surface area (Å²) in [6.07, 6.45) is 5.08. The van der Waals surface area contributed by atoms with Gasteiger partial charge in [0.05, 0.1) is 5.69 Å². The second-order valence-electron chi connectivity index (χ2n) is 2.98. The van der Waals surface area contributed by atoms with E-state index in [0.717, 1.165) is 16.3 Å². The van der Waals surface area contributed by atoms with Crippen molar-refractivity contribution in [3.63, 3.8) is 0 Å². The first-order valence-corrected chi connectivity index (χ1v) is 5.50. The SMILES string of the molecule is Oc1cccc(SCc2cnccn2)c1. The summed E-state index contributed by atoms with van der Waals surface area (Å²) in [6.45, 7) is 0. The molecule has 76 valence electrons. The largest absolute Gasteiger partial charge is 0.508 e. The third-order valence-corrected chi connectivity index (χ3v) is 2.85. The maximum Gasteiger partial charge on any atom is 0.116 e. The molecular weight excluding hydrogens is 208 g/mol. The van der Waals surface area contributed by atoms with Gasteiger partial charge in [0.15, 0.2) is 0 Å². The van der Waals surface area contributed by atoms with Gasteiger partial charge in [-0.15, -0.1) is 11.8 Å². The standard InChI is InChI=1S/C11H10N2OS/c14-10-2-1-3-11(6-10)15-8-9-7-12-4-5-13-9/h1-7,14H,8H2. The van der Waals surface area contributed by atoms with Crippen molar-refractivity contribution >= 4 is 11.8 Å². The molecule has 15 heavy (non-hydrogen) atoms. The van der Waals surface area contributed by atoms with Crippen LogP contribution in [0.5, 0.6) is 5.75 Å². The van der Waals surface area contributed by atoms with Gasteiger partial charge in [0.25, 0.3) is 0 Å². The molecule has 0 radical (unpaired) electrons. The van der Waals surface area contributed by atoms with Gasteiger partial charge in [-0.2, -0.15) is 0 Å². The Morgan fingerprint density at radius 3 is 2.93 bits per heavy atom. The molecule has 3 nitrogen and oxygen atoms in total. The quantitative estimate of drug-likeness (QED) is 0.804. The third kappa shape index (κ3) is 2.95. The van der Waals surface area contributed by atoms with E-state index in [4.69, 9.17) is 0 Å². The highest BCUT2D eigenvalue weighted by molar-refractivity contribution is 7.98. The number of phenolic OH excluding ortho intramolecular Hbond substituents is 1. The molecule has 0 amide bonds. The summed E-state index contributed by atoms with van der Waals surface area (Å²) >= 11 is 1.63. The van der Waals surface area contributed by atoms with Gasteiger partial charge in [0.1, 0.15) is 5.75 Å². The number of nitrogens with zero attached hydrogens (tertiary/aromatic N) is 2. The molecular formula is C11H10N2OS. The number of aromatic hydroxyl groups is 1. The Labute approximate surface area is 92.2 Å². The van der Waals surface area contributed by atoms with E-state index in [2.05, 4.69) is 9.97 Å². The summed E-state index contributed by atoms with van der Waals surface area (Å²) in [6, 6.07) is 7.18. The smallest absolute Gasteiger partial charge is 0.116 e. The first kappa shape index (κ1) is 9.98. The Bertz CT molecular complexity index is 434. The van der Waals surface area contributed by atoms with Gasteiger partial charge in [-0.1, -0.05) is 6.07 Å². The number of phenols is 1. The van der Waals surface area contributed by atoms with Crippen LogP contribution in [-0.2, 0) is 5.75 Å². The monoisotopic (exact) mass is 218 g/mol. The van der Waals surface area contributed by atoms with Crippen molar-refractivity contribution in [2.75, 3.05) is 0 Å². The lowest BCUT2D eigenvalue weighted by Crippen LogP contribution is -1.86. The maximum absolute atomic E-state index is 9.27. The molecule has 0 aliphatic heterocycles. The number of aromatic nitrogens is 2. The summed E-state index contributed by atoms with van der Waals surface area (Å²) in [4.78, 5) is 9.19. The summed E-state index contributed by atoms with van der Waals surface area (Å²) in [5, 5.41) is 9.27. The van der Waals surface area contributed by atoms with Crippen molar-refractivity contribution < 1.29 is 5.11 Å². The fraction of sp³-hybridized carbons (Fsp3) is 0.0909. The molecule has 2 rings (SSSR count). The van der Waals surface area contributed by atoms with E-state index >= 15 is 0 Å². The molecule has 1 aromatic heterocycles. The predicted octanol–water partition coefficient (Wildman–Crippen LogP) is 2.47. The third-order valence-electron chi connectivity index (χ3n) is 1.82. The van der Waals surface area contributed by atoms with Gasteiger partial charge >= 0.3 is 0 Å². The van der Waals surface area contributed by atoms with Gasteiger partial charge in [-0.3, -0.25) is 9.97 Å². The summed E-state index contributed by atoms with van der Waals surface area (Å²) in [7, 11) is 0. The molecule has 0 fully saturated rings. The van der Waals surface area contributed by atoms with Gasteiger partial charge < -0.3 is 5.11 Å². The van der Waals surface area contributed by atoms with Crippen LogP contribution in [0.15, 0.2) is 47.8 Å². The van der Waals surface area contributed by atoms with Gasteiger partial charge in [0.2, 0.25) is 0 Å². The van der Waals surface area contributed by atoms with Crippen LogP contribution in [0.4, 0.5) is 0 Å². The average molecular weight is 218 g/mol. The molecule has 0 unspecified atom stereocenters. The lowest BCUT2D eigenvalue weighted by Gasteiger charge is -2.01. The van der Waals surface area contributed by atoms with Crippen molar-refractivity contribution in [1.82, 2.24) is 9.97 Å². The van der Waals surface area contributed by atoms with Crippen LogP contribution >= 0.6 is 11.8 Å². The van der Waals surface area contributed by atoms with Gasteiger partial charge in [-0.25, -0.2) is 0 Å². The zero-order valence-electron chi connectivity index (χ0n) is 8.00. The number of thioether (sulfide) groups is 1. The van der Waals surface area contributed by atoms with E-state index in [-0.39, 0.29) is 0 Å². The maximum atomic E-state index is 9.27. The molecule has 0 atom stereocenters. The van der Waals surface area contributed by atoms with Crippen LogP contribution in [0, 0.1) is 0 Å². The van der Waals surface area contributed by atoms with E-state index in [1.165, 1.54) is 0 Å². The zero-order chi connectivity index (χ0) is 10.5. The predicted molar refractivity (Wildman–Crippen MR) is 59.7 cm³/mol. The first-order chi connectivity index (χ1) is 7.34. The van der Waals surface area contributed by atoms with Crippen LogP contribution in [-0.4, -0.2) is 15.1 Å². The van der Waals surface area contributed by atoms with Crippen molar-refractivity contribution in [2.24, 2.45) is 0 Å². The summed E-state index contributed by atoms with van der Waals surface area (Å²) in [5.74, 6) is 1.05. The van der Waals surface area contributed by atoms with E-state index < -0.39 is 0 Å². The molecule has 0 spiro atoms. The Kier molecular flexibility index (Phi) is 3.19. The van der Waals surface area contributed by atoms with Crippen LogP contribution in [0.1, 0.15) is 5.69 Å². The minimum Gasteiger partial charge on any atom is -0.508 e. The van der Waals surface area contributed by atoms with Crippen molar-refractivity contribution in [3.05, 3.63) is 48.5 Å². The molecule has 0 aliphatic carbocycles. The fourth-order valence-electron chi connectivity index (χ4n) is 1.14. The van der Waals surface area contributed by atoms with Gasteiger partial charge in [-0.05, 0) is 18.2 Å². The van der Waals surface area contributed by atoms with Crippen LogP contribution in [0.2, 0.25) is 0 Å². The number of benzene rings is 1. The van der Waals surface area contributed by atoms with Crippen LogP contribution in [0.3, 0.4) is 0 Å². The molecule has 1 aromatic carbocycles. The second-order valence-corrected chi connectivity index (χ2v) is 4.03. The molecule has 2 aromatic rings. The Morgan fingerprint density at radius 1 is 1.27 bits per heavy atom. The van der Waals surface area contributed by atoms with E-state index in [0.29, 0.717) is 5.75 Å². The number of rotatable bonds is 3. The fourth-order valence-corrected chi connectivity index (χ4v) is 1.98. The second kappa shape index (κ2) is 4.79. The van der Waals surface area contributed by atoms with Crippen LogP contribution < -0.4 is 0 Å². The average Bonchev–Trinajstić information content (AvgIpc) is 2.28. The Hall–Kier alpha value is -1.55. The van der Waals surface area contributed by atoms with Crippen LogP contribution in [0.25, 0.3) is 0 Å². The normalized spacial score (nSPS) is 10.1. The highest BCUT2D eigenvalue weighted by Crippen LogP contribution is 2.24. The summed E-state index contributed by atoms with van der Waals surface area (Å²) in [5.41, 5.74) is 0.936. The molecule has 1 N–H and O–H groups in total. The van der Waals surface area contributed by atoms with Crippen molar-refractivity contribution in [2.45, 2.75) is 10.6 Å². The minimum atomic E-state index is 0.291. The molecule has 0 bridgehead atoms. The van der Waals surface area contributed by atoms with E-state index in [1.807, 2.05) is 12.1 Å². The highest BCUT2D eigenvalue weighted by atomic mass is 32.2. The Morgan fingerprint density at radius 2 is 2.20 bits per heavy atom. The topological polar surface area (TPSA) is 46.0 Å².